The highest BCUT2D eigenvalue weighted by molar-refractivity contribution is 9.10. The van der Waals surface area contributed by atoms with Crippen molar-refractivity contribution in [1.29, 1.82) is 0 Å². The van der Waals surface area contributed by atoms with Gasteiger partial charge in [-0.25, -0.2) is 4.98 Å². The molecule has 0 spiro atoms. The molecule has 0 aliphatic heterocycles. The van der Waals surface area contributed by atoms with Gasteiger partial charge < -0.3 is 9.55 Å². The first-order valence-electron chi connectivity index (χ1n) is 6.68. The summed E-state index contributed by atoms with van der Waals surface area (Å²) in [6.45, 7) is 0. The van der Waals surface area contributed by atoms with Crippen molar-refractivity contribution in [3.8, 4) is 16.9 Å². The summed E-state index contributed by atoms with van der Waals surface area (Å²) in [6.07, 6.45) is 3.80. The lowest BCUT2D eigenvalue weighted by Gasteiger charge is -2.10. The van der Waals surface area contributed by atoms with Gasteiger partial charge in [-0.3, -0.25) is 0 Å². The van der Waals surface area contributed by atoms with Gasteiger partial charge in [-0.1, -0.05) is 28.1 Å². The molecule has 3 nitrogen and oxygen atoms in total. The summed E-state index contributed by atoms with van der Waals surface area (Å²) in [5.41, 5.74) is 5.50. The second-order valence-electron chi connectivity index (χ2n) is 4.87. The molecule has 4 aromatic rings. The van der Waals surface area contributed by atoms with Gasteiger partial charge in [-0.15, -0.1) is 0 Å². The lowest BCUT2D eigenvalue weighted by molar-refractivity contribution is 1.09. The van der Waals surface area contributed by atoms with Crippen LogP contribution in [0.1, 0.15) is 0 Å². The molecule has 0 aliphatic carbocycles. The molecule has 0 amide bonds. The van der Waals surface area contributed by atoms with E-state index >= 15 is 0 Å². The van der Waals surface area contributed by atoms with E-state index in [9.17, 15) is 0 Å². The molecule has 2 heterocycles. The largest absolute Gasteiger partial charge is 0.345 e. The summed E-state index contributed by atoms with van der Waals surface area (Å²) in [5, 5.41) is 0. The molecule has 2 aromatic heterocycles. The predicted molar refractivity (Wildman–Crippen MR) is 88.6 cm³/mol. The maximum Gasteiger partial charge on any atom is 0.0931 e. The maximum absolute atomic E-state index is 4.26. The van der Waals surface area contributed by atoms with E-state index in [1.807, 2.05) is 6.07 Å². The lowest BCUT2D eigenvalue weighted by Crippen LogP contribution is -1.94. The molecule has 0 fully saturated rings. The summed E-state index contributed by atoms with van der Waals surface area (Å²) < 4.78 is 3.27. The van der Waals surface area contributed by atoms with Crippen molar-refractivity contribution >= 4 is 27.0 Å². The van der Waals surface area contributed by atoms with Crippen molar-refractivity contribution in [3.63, 3.8) is 0 Å². The molecular formula is C17H12BrN3. The molecule has 0 saturated carbocycles. The summed E-state index contributed by atoms with van der Waals surface area (Å²) >= 11 is 3.48. The molecule has 0 radical (unpaired) electrons. The van der Waals surface area contributed by atoms with Gasteiger partial charge in [0.15, 0.2) is 0 Å². The second-order valence-corrected chi connectivity index (χ2v) is 5.79. The van der Waals surface area contributed by atoms with Gasteiger partial charge in [-0.2, -0.15) is 0 Å². The third-order valence-corrected chi connectivity index (χ3v) is 4.10. The molecule has 4 heteroatoms. The Balaban J connectivity index is 1.85. The number of halogens is 1. The standard InChI is InChI=1S/C17H12BrN3/c18-13-5-3-12(4-6-13)17-2-1-9-21(17)14-7-8-15-16(10-14)20-11-19-15/h1-11H,(H,19,20). The van der Waals surface area contributed by atoms with Crippen LogP contribution in [0.25, 0.3) is 28.0 Å². The van der Waals surface area contributed by atoms with Crippen molar-refractivity contribution in [2.75, 3.05) is 0 Å². The highest BCUT2D eigenvalue weighted by Gasteiger charge is 2.07. The molecule has 0 bridgehead atoms. The highest BCUT2D eigenvalue weighted by atomic mass is 79.9. The molecular weight excluding hydrogens is 326 g/mol. The minimum atomic E-state index is 0.982. The number of benzene rings is 2. The fourth-order valence-electron chi connectivity index (χ4n) is 2.54. The van der Waals surface area contributed by atoms with E-state index in [-0.39, 0.29) is 0 Å². The SMILES string of the molecule is Brc1ccc(-c2cccn2-c2ccc3nc[nH]c3c2)cc1. The topological polar surface area (TPSA) is 33.6 Å². The van der Waals surface area contributed by atoms with E-state index in [4.69, 9.17) is 0 Å². The fourth-order valence-corrected chi connectivity index (χ4v) is 2.80. The molecule has 0 atom stereocenters. The first kappa shape index (κ1) is 12.4. The third-order valence-electron chi connectivity index (χ3n) is 3.57. The van der Waals surface area contributed by atoms with Crippen LogP contribution in [0.3, 0.4) is 0 Å². The van der Waals surface area contributed by atoms with Crippen LogP contribution in [0.5, 0.6) is 0 Å². The summed E-state index contributed by atoms with van der Waals surface area (Å²) in [4.78, 5) is 7.42. The zero-order chi connectivity index (χ0) is 14.2. The van der Waals surface area contributed by atoms with E-state index in [1.165, 1.54) is 11.3 Å². The number of aromatic amines is 1. The van der Waals surface area contributed by atoms with Gasteiger partial charge in [-0.05, 0) is 48.0 Å². The third kappa shape index (κ3) is 2.17. The Labute approximate surface area is 130 Å². The van der Waals surface area contributed by atoms with Crippen LogP contribution in [0.2, 0.25) is 0 Å². The Morgan fingerprint density at radius 3 is 2.71 bits per heavy atom. The molecule has 1 N–H and O–H groups in total. The molecule has 21 heavy (non-hydrogen) atoms. The zero-order valence-electron chi connectivity index (χ0n) is 11.1. The number of H-pyrrole nitrogens is 1. The van der Waals surface area contributed by atoms with Crippen LogP contribution in [0.15, 0.2) is 71.6 Å². The number of aromatic nitrogens is 3. The molecule has 0 saturated heterocycles. The summed E-state index contributed by atoms with van der Waals surface area (Å²) in [6, 6.07) is 18.8. The van der Waals surface area contributed by atoms with Crippen LogP contribution in [-0.2, 0) is 0 Å². The Hall–Kier alpha value is -2.33. The van der Waals surface area contributed by atoms with Crippen LogP contribution in [0, 0.1) is 0 Å². The van der Waals surface area contributed by atoms with Gasteiger partial charge in [0.25, 0.3) is 0 Å². The van der Waals surface area contributed by atoms with Crippen molar-refractivity contribution in [2.24, 2.45) is 0 Å². The zero-order valence-corrected chi connectivity index (χ0v) is 12.7. The van der Waals surface area contributed by atoms with Crippen LogP contribution >= 0.6 is 15.9 Å². The fraction of sp³-hybridized carbons (Fsp3) is 0. The van der Waals surface area contributed by atoms with Gasteiger partial charge in [0.05, 0.1) is 23.1 Å². The van der Waals surface area contributed by atoms with Crippen molar-refractivity contribution in [3.05, 3.63) is 71.6 Å². The van der Waals surface area contributed by atoms with E-state index in [1.54, 1.807) is 6.33 Å². The van der Waals surface area contributed by atoms with E-state index < -0.39 is 0 Å². The maximum atomic E-state index is 4.26. The van der Waals surface area contributed by atoms with Crippen molar-refractivity contribution in [1.82, 2.24) is 14.5 Å². The quantitative estimate of drug-likeness (QED) is 0.560. The smallest absolute Gasteiger partial charge is 0.0931 e. The van der Waals surface area contributed by atoms with Gasteiger partial charge in [0.2, 0.25) is 0 Å². The second kappa shape index (κ2) is 4.90. The molecule has 4 rings (SSSR count). The monoisotopic (exact) mass is 337 g/mol. The van der Waals surface area contributed by atoms with Gasteiger partial charge in [0, 0.05) is 16.4 Å². The predicted octanol–water partition coefficient (Wildman–Crippen LogP) is 4.78. The number of imidazole rings is 1. The summed E-state index contributed by atoms with van der Waals surface area (Å²) in [5.74, 6) is 0. The Bertz CT molecular complexity index is 903. The lowest BCUT2D eigenvalue weighted by atomic mass is 10.1. The van der Waals surface area contributed by atoms with Crippen molar-refractivity contribution < 1.29 is 0 Å². The summed E-state index contributed by atoms with van der Waals surface area (Å²) in [7, 11) is 0. The van der Waals surface area contributed by atoms with E-state index in [0.29, 0.717) is 0 Å². The normalized spacial score (nSPS) is 11.1. The average Bonchev–Trinajstić information content (AvgIpc) is 3.16. The van der Waals surface area contributed by atoms with Crippen LogP contribution in [0.4, 0.5) is 0 Å². The number of fused-ring (bicyclic) bond motifs is 1. The van der Waals surface area contributed by atoms with E-state index in [0.717, 1.165) is 21.2 Å². The van der Waals surface area contributed by atoms with Crippen molar-refractivity contribution in [2.45, 2.75) is 0 Å². The minimum Gasteiger partial charge on any atom is -0.345 e. The number of hydrogen-bond acceptors (Lipinski definition) is 1. The Morgan fingerprint density at radius 1 is 1.00 bits per heavy atom. The minimum absolute atomic E-state index is 0.982. The van der Waals surface area contributed by atoms with Gasteiger partial charge >= 0.3 is 0 Å². The number of hydrogen-bond donors (Lipinski definition) is 1. The Kier molecular flexibility index (Phi) is 2.89. The van der Waals surface area contributed by atoms with Crippen LogP contribution in [-0.4, -0.2) is 14.5 Å². The highest BCUT2D eigenvalue weighted by Crippen LogP contribution is 2.26. The molecule has 102 valence electrons. The first-order valence-corrected chi connectivity index (χ1v) is 7.47. The van der Waals surface area contributed by atoms with Crippen LogP contribution < -0.4 is 0 Å². The number of nitrogens with zero attached hydrogens (tertiary/aromatic N) is 2. The molecule has 2 aromatic carbocycles. The number of rotatable bonds is 2. The number of nitrogens with one attached hydrogen (secondary N) is 1. The average molecular weight is 338 g/mol. The molecule has 0 unspecified atom stereocenters. The van der Waals surface area contributed by atoms with Gasteiger partial charge in [0.1, 0.15) is 0 Å². The Morgan fingerprint density at radius 2 is 1.86 bits per heavy atom. The first-order chi connectivity index (χ1) is 10.3. The van der Waals surface area contributed by atoms with E-state index in [2.05, 4.69) is 85.2 Å². The molecule has 0 aliphatic rings.